The number of hydrogen-bond donors (Lipinski definition) is 0. The molecule has 25 heavy (non-hydrogen) atoms. The minimum atomic E-state index is -3.84. The van der Waals surface area contributed by atoms with E-state index < -0.39 is 10.0 Å². The van der Waals surface area contributed by atoms with Gasteiger partial charge in [-0.05, 0) is 24.3 Å². The number of carbonyl (C=O) groups excluding carboxylic acids is 1. The van der Waals surface area contributed by atoms with E-state index in [2.05, 4.69) is 4.40 Å². The van der Waals surface area contributed by atoms with Crippen LogP contribution in [0.15, 0.2) is 63.9 Å². The lowest BCUT2D eigenvalue weighted by Gasteiger charge is -2.16. The van der Waals surface area contributed by atoms with Gasteiger partial charge in [0.05, 0.1) is 11.4 Å². The van der Waals surface area contributed by atoms with E-state index in [1.807, 2.05) is 6.07 Å². The van der Waals surface area contributed by atoms with E-state index >= 15 is 0 Å². The van der Waals surface area contributed by atoms with Crippen molar-refractivity contribution >= 4 is 44.3 Å². The van der Waals surface area contributed by atoms with Crippen LogP contribution in [-0.2, 0) is 10.0 Å². The second-order valence-corrected chi connectivity index (χ2v) is 8.46. The molecule has 2 aromatic carbocycles. The van der Waals surface area contributed by atoms with Crippen LogP contribution in [0.2, 0.25) is 5.02 Å². The first-order valence-corrected chi connectivity index (χ1v) is 10.3. The summed E-state index contributed by atoms with van der Waals surface area (Å²) >= 11 is 7.12. The van der Waals surface area contributed by atoms with Crippen molar-refractivity contribution in [1.29, 1.82) is 0 Å². The molecular formula is C17H15ClN2O3S2. The van der Waals surface area contributed by atoms with Crippen LogP contribution in [-0.4, -0.2) is 43.1 Å². The molecule has 0 saturated carbocycles. The maximum Gasteiger partial charge on any atom is 0.284 e. The van der Waals surface area contributed by atoms with Gasteiger partial charge in [0.25, 0.3) is 10.0 Å². The largest absolute Gasteiger partial charge is 0.342 e. The lowest BCUT2D eigenvalue weighted by atomic mass is 10.1. The zero-order chi connectivity index (χ0) is 17.9. The van der Waals surface area contributed by atoms with Crippen molar-refractivity contribution in [1.82, 2.24) is 4.90 Å². The third kappa shape index (κ3) is 4.42. The second kappa shape index (κ2) is 7.59. The number of nitrogens with zero attached hydrogens (tertiary/aromatic N) is 2. The van der Waals surface area contributed by atoms with Crippen molar-refractivity contribution in [3.63, 3.8) is 0 Å². The van der Waals surface area contributed by atoms with Crippen molar-refractivity contribution < 1.29 is 13.2 Å². The van der Waals surface area contributed by atoms with E-state index in [1.54, 1.807) is 29.2 Å². The van der Waals surface area contributed by atoms with Crippen LogP contribution in [0.3, 0.4) is 0 Å². The van der Waals surface area contributed by atoms with Gasteiger partial charge in [-0.1, -0.05) is 53.7 Å². The lowest BCUT2D eigenvalue weighted by molar-refractivity contribution is 0.0967. The summed E-state index contributed by atoms with van der Waals surface area (Å²) in [5, 5.41) is 0.802. The number of carbonyl (C=O) groups is 1. The Bertz CT molecular complexity index is 897. The predicted molar refractivity (Wildman–Crippen MR) is 101 cm³/mol. The van der Waals surface area contributed by atoms with E-state index in [0.717, 1.165) is 0 Å². The summed E-state index contributed by atoms with van der Waals surface area (Å²) in [7, 11) is -3.84. The average Bonchev–Trinajstić information content (AvgIpc) is 3.02. The van der Waals surface area contributed by atoms with Crippen molar-refractivity contribution in [2.24, 2.45) is 4.40 Å². The average molecular weight is 395 g/mol. The number of amidine groups is 1. The van der Waals surface area contributed by atoms with E-state index in [4.69, 9.17) is 11.6 Å². The Labute approximate surface area is 155 Å². The van der Waals surface area contributed by atoms with Crippen LogP contribution >= 0.6 is 23.4 Å². The normalized spacial score (nSPS) is 16.4. The summed E-state index contributed by atoms with van der Waals surface area (Å²) < 4.78 is 28.8. The molecule has 1 aliphatic heterocycles. The molecule has 1 aliphatic rings. The van der Waals surface area contributed by atoms with Gasteiger partial charge in [-0.2, -0.15) is 8.42 Å². The smallest absolute Gasteiger partial charge is 0.284 e. The van der Waals surface area contributed by atoms with Crippen molar-refractivity contribution in [2.75, 3.05) is 18.8 Å². The van der Waals surface area contributed by atoms with Gasteiger partial charge in [0.2, 0.25) is 0 Å². The molecule has 1 saturated heterocycles. The van der Waals surface area contributed by atoms with Gasteiger partial charge in [-0.15, -0.1) is 4.40 Å². The van der Waals surface area contributed by atoms with Crippen LogP contribution in [0.1, 0.15) is 10.4 Å². The Hall–Kier alpha value is -1.83. The summed E-state index contributed by atoms with van der Waals surface area (Å²) in [5.41, 5.74) is 0.597. The first-order chi connectivity index (χ1) is 12.0. The monoisotopic (exact) mass is 394 g/mol. The molecule has 0 radical (unpaired) electrons. The number of hydrogen-bond acceptors (Lipinski definition) is 4. The Morgan fingerprint density at radius 1 is 1.12 bits per heavy atom. The van der Waals surface area contributed by atoms with Gasteiger partial charge in [0.15, 0.2) is 11.0 Å². The van der Waals surface area contributed by atoms with Gasteiger partial charge in [-0.3, -0.25) is 4.79 Å². The third-order valence-electron chi connectivity index (χ3n) is 3.60. The standard InChI is InChI=1S/C17H15ClN2O3S2/c18-14-6-8-15(9-7-14)25(22,23)19-17-20(10-11-24-17)12-16(21)13-4-2-1-3-5-13/h1-9H,10-12H2/b19-17-. The number of thioether (sulfide) groups is 1. The predicted octanol–water partition coefficient (Wildman–Crippen LogP) is 3.32. The van der Waals surface area contributed by atoms with Gasteiger partial charge in [-0.25, -0.2) is 0 Å². The molecule has 1 fully saturated rings. The second-order valence-electron chi connectivity index (χ2n) is 5.36. The number of benzene rings is 2. The van der Waals surface area contributed by atoms with Crippen LogP contribution in [0.25, 0.3) is 0 Å². The molecule has 1 heterocycles. The Balaban J connectivity index is 1.80. The quantitative estimate of drug-likeness (QED) is 0.728. The summed E-state index contributed by atoms with van der Waals surface area (Å²) in [4.78, 5) is 14.1. The van der Waals surface area contributed by atoms with E-state index in [-0.39, 0.29) is 17.2 Å². The minimum absolute atomic E-state index is 0.0697. The van der Waals surface area contributed by atoms with Crippen molar-refractivity contribution in [3.05, 3.63) is 65.2 Å². The highest BCUT2D eigenvalue weighted by molar-refractivity contribution is 8.14. The van der Waals surface area contributed by atoms with E-state index in [0.29, 0.717) is 28.1 Å². The fourth-order valence-corrected chi connectivity index (χ4v) is 4.69. The molecule has 0 amide bonds. The lowest BCUT2D eigenvalue weighted by Crippen LogP contribution is -2.31. The fraction of sp³-hybridized carbons (Fsp3) is 0.176. The molecule has 3 rings (SSSR count). The number of halogens is 1. The van der Waals surface area contributed by atoms with Gasteiger partial charge in [0, 0.05) is 22.9 Å². The maximum absolute atomic E-state index is 12.4. The fourth-order valence-electron chi connectivity index (χ4n) is 2.32. The Morgan fingerprint density at radius 3 is 2.48 bits per heavy atom. The Morgan fingerprint density at radius 2 is 1.80 bits per heavy atom. The molecule has 0 aliphatic carbocycles. The number of Topliss-reactive ketones (excluding diaryl/α,β-unsaturated/α-hetero) is 1. The number of ketones is 1. The minimum Gasteiger partial charge on any atom is -0.342 e. The van der Waals surface area contributed by atoms with Crippen LogP contribution < -0.4 is 0 Å². The van der Waals surface area contributed by atoms with Gasteiger partial charge >= 0.3 is 0 Å². The topological polar surface area (TPSA) is 66.8 Å². The number of rotatable bonds is 5. The zero-order valence-electron chi connectivity index (χ0n) is 13.1. The zero-order valence-corrected chi connectivity index (χ0v) is 15.5. The molecule has 0 bridgehead atoms. The highest BCUT2D eigenvalue weighted by Crippen LogP contribution is 2.23. The molecule has 0 atom stereocenters. The molecule has 0 N–H and O–H groups in total. The Kier molecular flexibility index (Phi) is 5.46. The summed E-state index contributed by atoms with van der Waals surface area (Å²) in [6, 6.07) is 14.8. The van der Waals surface area contributed by atoms with Gasteiger partial charge < -0.3 is 4.90 Å². The van der Waals surface area contributed by atoms with E-state index in [1.165, 1.54) is 36.0 Å². The van der Waals surface area contributed by atoms with E-state index in [9.17, 15) is 13.2 Å². The first kappa shape index (κ1) is 18.0. The molecular weight excluding hydrogens is 380 g/mol. The highest BCUT2D eigenvalue weighted by Gasteiger charge is 2.25. The SMILES string of the molecule is O=C(CN1CCS/C1=N\S(=O)(=O)c1ccc(Cl)cc1)c1ccccc1. The molecule has 2 aromatic rings. The number of sulfonamides is 1. The molecule has 0 spiro atoms. The van der Waals surface area contributed by atoms with Crippen molar-refractivity contribution in [2.45, 2.75) is 4.90 Å². The first-order valence-electron chi connectivity index (χ1n) is 7.52. The molecule has 5 nitrogen and oxygen atoms in total. The molecule has 0 unspecified atom stereocenters. The van der Waals surface area contributed by atoms with Crippen LogP contribution in [0.5, 0.6) is 0 Å². The van der Waals surface area contributed by atoms with Crippen LogP contribution in [0.4, 0.5) is 0 Å². The molecule has 0 aromatic heterocycles. The summed E-state index contributed by atoms with van der Waals surface area (Å²) in [5.74, 6) is 0.622. The summed E-state index contributed by atoms with van der Waals surface area (Å²) in [6.07, 6.45) is 0. The highest BCUT2D eigenvalue weighted by atomic mass is 35.5. The van der Waals surface area contributed by atoms with Gasteiger partial charge in [0.1, 0.15) is 0 Å². The third-order valence-corrected chi connectivity index (χ3v) is 6.25. The molecule has 8 heteroatoms. The van der Waals surface area contributed by atoms with Crippen LogP contribution in [0, 0.1) is 0 Å². The van der Waals surface area contributed by atoms with Crippen molar-refractivity contribution in [3.8, 4) is 0 Å². The molecule has 130 valence electrons. The maximum atomic E-state index is 12.4. The summed E-state index contributed by atoms with van der Waals surface area (Å²) in [6.45, 7) is 0.685.